The molecule has 3 N–H and O–H groups in total. The highest BCUT2D eigenvalue weighted by molar-refractivity contribution is 7.89. The zero-order valence-corrected chi connectivity index (χ0v) is 11.6. The van der Waals surface area contributed by atoms with Gasteiger partial charge in [0, 0.05) is 18.3 Å². The topological polar surface area (TPSA) is 83.6 Å². The molecule has 1 saturated heterocycles. The van der Waals surface area contributed by atoms with Crippen LogP contribution in [0, 0.1) is 5.82 Å². The molecule has 2 rings (SSSR count). The standard InChI is InChI=1S/C11H14ClFN2O3S/c12-9-4-7(14)5-10(11(9)13)19(17,18)15-3-1-2-8(15)6-16/h4-5,8,16H,1-3,6,14H2/t8-/m0/s1. The van der Waals surface area contributed by atoms with Gasteiger partial charge in [0.1, 0.15) is 4.90 Å². The second-order valence-corrected chi connectivity index (χ2v) is 6.68. The predicted octanol–water partition coefficient (Wildman–Crippen LogP) is 1.21. The van der Waals surface area contributed by atoms with Crippen molar-refractivity contribution in [2.24, 2.45) is 0 Å². The van der Waals surface area contributed by atoms with Crippen molar-refractivity contribution in [2.75, 3.05) is 18.9 Å². The van der Waals surface area contributed by atoms with Crippen LogP contribution in [0.1, 0.15) is 12.8 Å². The number of aliphatic hydroxyl groups excluding tert-OH is 1. The zero-order chi connectivity index (χ0) is 14.2. The molecule has 1 aliphatic rings. The van der Waals surface area contributed by atoms with Gasteiger partial charge in [0.05, 0.1) is 11.6 Å². The van der Waals surface area contributed by atoms with Gasteiger partial charge < -0.3 is 10.8 Å². The molecule has 106 valence electrons. The lowest BCUT2D eigenvalue weighted by Gasteiger charge is -2.23. The molecule has 0 amide bonds. The predicted molar refractivity (Wildman–Crippen MR) is 69.8 cm³/mol. The third-order valence-electron chi connectivity index (χ3n) is 3.14. The fraction of sp³-hybridized carbons (Fsp3) is 0.455. The first-order valence-corrected chi connectivity index (χ1v) is 7.57. The van der Waals surface area contributed by atoms with Crippen molar-refractivity contribution < 1.29 is 17.9 Å². The van der Waals surface area contributed by atoms with Crippen LogP contribution >= 0.6 is 11.6 Å². The lowest BCUT2D eigenvalue weighted by Crippen LogP contribution is -2.38. The first-order chi connectivity index (χ1) is 8.87. The Hall–Kier alpha value is -0.890. The third kappa shape index (κ3) is 2.55. The maximum atomic E-state index is 13.9. The summed E-state index contributed by atoms with van der Waals surface area (Å²) in [5, 5.41) is 8.84. The Morgan fingerprint density at radius 3 is 2.84 bits per heavy atom. The highest BCUT2D eigenvalue weighted by Crippen LogP contribution is 2.31. The van der Waals surface area contributed by atoms with Gasteiger partial charge in [-0.2, -0.15) is 4.31 Å². The minimum atomic E-state index is -4.04. The molecule has 8 heteroatoms. The molecule has 0 unspecified atom stereocenters. The van der Waals surface area contributed by atoms with Crippen LogP contribution < -0.4 is 5.73 Å². The van der Waals surface area contributed by atoms with Crippen LogP contribution in [0.15, 0.2) is 17.0 Å². The minimum Gasteiger partial charge on any atom is -0.399 e. The molecule has 1 aromatic rings. The Morgan fingerprint density at radius 2 is 2.21 bits per heavy atom. The van der Waals surface area contributed by atoms with Crippen LogP contribution in [0.4, 0.5) is 10.1 Å². The van der Waals surface area contributed by atoms with E-state index in [-0.39, 0.29) is 23.9 Å². The molecule has 1 aromatic carbocycles. The minimum absolute atomic E-state index is 0.0738. The van der Waals surface area contributed by atoms with Gasteiger partial charge in [-0.25, -0.2) is 12.8 Å². The van der Waals surface area contributed by atoms with Crippen LogP contribution in [0.2, 0.25) is 5.02 Å². The van der Waals surface area contributed by atoms with Gasteiger partial charge in [-0.1, -0.05) is 11.6 Å². The fourth-order valence-electron chi connectivity index (χ4n) is 2.21. The molecular formula is C11H14ClFN2O3S. The summed E-state index contributed by atoms with van der Waals surface area (Å²) in [6.07, 6.45) is 1.18. The van der Waals surface area contributed by atoms with E-state index in [0.29, 0.717) is 12.8 Å². The first-order valence-electron chi connectivity index (χ1n) is 5.75. The fourth-order valence-corrected chi connectivity index (χ4v) is 4.30. The van der Waals surface area contributed by atoms with Crippen molar-refractivity contribution in [3.8, 4) is 0 Å². The SMILES string of the molecule is Nc1cc(Cl)c(F)c(S(=O)(=O)N2CCC[C@H]2CO)c1. The van der Waals surface area contributed by atoms with Crippen LogP contribution in [0.3, 0.4) is 0 Å². The smallest absolute Gasteiger partial charge is 0.246 e. The molecular weight excluding hydrogens is 295 g/mol. The van der Waals surface area contributed by atoms with Crippen molar-refractivity contribution in [3.63, 3.8) is 0 Å². The van der Waals surface area contributed by atoms with Gasteiger partial charge in [-0.3, -0.25) is 0 Å². The average Bonchev–Trinajstić information content (AvgIpc) is 2.82. The summed E-state index contributed by atoms with van der Waals surface area (Å²) in [7, 11) is -4.04. The Labute approximate surface area is 115 Å². The lowest BCUT2D eigenvalue weighted by molar-refractivity contribution is 0.213. The quantitative estimate of drug-likeness (QED) is 0.822. The van der Waals surface area contributed by atoms with Gasteiger partial charge in [0.25, 0.3) is 0 Å². The van der Waals surface area contributed by atoms with Crippen molar-refractivity contribution in [3.05, 3.63) is 23.0 Å². The van der Waals surface area contributed by atoms with E-state index < -0.39 is 26.8 Å². The summed E-state index contributed by atoms with van der Waals surface area (Å²) < 4.78 is 39.8. The number of sulfonamides is 1. The number of nitrogen functional groups attached to an aromatic ring is 1. The molecule has 1 fully saturated rings. The molecule has 0 bridgehead atoms. The van der Waals surface area contributed by atoms with E-state index in [1.165, 1.54) is 0 Å². The van der Waals surface area contributed by atoms with Gasteiger partial charge in [0.15, 0.2) is 5.82 Å². The second kappa shape index (κ2) is 5.24. The molecule has 0 spiro atoms. The van der Waals surface area contributed by atoms with E-state index in [4.69, 9.17) is 17.3 Å². The molecule has 5 nitrogen and oxygen atoms in total. The largest absolute Gasteiger partial charge is 0.399 e. The average molecular weight is 309 g/mol. The molecule has 0 aliphatic carbocycles. The summed E-state index contributed by atoms with van der Waals surface area (Å²) >= 11 is 5.61. The van der Waals surface area contributed by atoms with Crippen LogP contribution in [0.25, 0.3) is 0 Å². The van der Waals surface area contributed by atoms with Crippen molar-refractivity contribution in [1.82, 2.24) is 4.31 Å². The highest BCUT2D eigenvalue weighted by Gasteiger charge is 2.36. The van der Waals surface area contributed by atoms with Gasteiger partial charge in [0.2, 0.25) is 10.0 Å². The number of anilines is 1. The molecule has 0 aromatic heterocycles. The van der Waals surface area contributed by atoms with E-state index >= 15 is 0 Å². The molecule has 0 radical (unpaired) electrons. The van der Waals surface area contributed by atoms with Crippen molar-refractivity contribution >= 4 is 27.3 Å². The van der Waals surface area contributed by atoms with Gasteiger partial charge in [-0.15, -0.1) is 0 Å². The maximum absolute atomic E-state index is 13.9. The summed E-state index contributed by atoms with van der Waals surface area (Å²) in [6, 6.07) is 1.68. The summed E-state index contributed by atoms with van der Waals surface area (Å²) in [6.45, 7) is -0.0453. The van der Waals surface area contributed by atoms with Crippen molar-refractivity contribution in [1.29, 1.82) is 0 Å². The van der Waals surface area contributed by atoms with E-state index in [0.717, 1.165) is 16.4 Å². The monoisotopic (exact) mass is 308 g/mol. The summed E-state index contributed by atoms with van der Waals surface area (Å²) in [5.41, 5.74) is 5.58. The number of nitrogens with zero attached hydrogens (tertiary/aromatic N) is 1. The molecule has 19 heavy (non-hydrogen) atoms. The number of halogens is 2. The van der Waals surface area contributed by atoms with E-state index in [2.05, 4.69) is 0 Å². The third-order valence-corrected chi connectivity index (χ3v) is 5.36. The van der Waals surface area contributed by atoms with Crippen molar-refractivity contribution in [2.45, 2.75) is 23.8 Å². The van der Waals surface area contributed by atoms with Gasteiger partial charge >= 0.3 is 0 Å². The first kappa shape index (κ1) is 14.5. The number of hydrogen-bond acceptors (Lipinski definition) is 4. The van der Waals surface area contributed by atoms with Crippen LogP contribution in [-0.2, 0) is 10.0 Å². The second-order valence-electron chi connectivity index (χ2n) is 4.41. The Morgan fingerprint density at radius 1 is 1.53 bits per heavy atom. The van der Waals surface area contributed by atoms with E-state index in [1.807, 2.05) is 0 Å². The molecule has 1 heterocycles. The Bertz CT molecular complexity index is 594. The molecule has 0 saturated carbocycles. The lowest BCUT2D eigenvalue weighted by atomic mass is 10.2. The van der Waals surface area contributed by atoms with Crippen LogP contribution in [0.5, 0.6) is 0 Å². The molecule has 1 aliphatic heterocycles. The van der Waals surface area contributed by atoms with Crippen LogP contribution in [-0.4, -0.2) is 37.0 Å². The maximum Gasteiger partial charge on any atom is 0.246 e. The van der Waals surface area contributed by atoms with E-state index in [1.54, 1.807) is 0 Å². The number of aliphatic hydroxyl groups is 1. The number of rotatable bonds is 3. The highest BCUT2D eigenvalue weighted by atomic mass is 35.5. The van der Waals surface area contributed by atoms with E-state index in [9.17, 15) is 17.9 Å². The summed E-state index contributed by atoms with van der Waals surface area (Å²) in [4.78, 5) is -0.544. The Kier molecular flexibility index (Phi) is 4.00. The van der Waals surface area contributed by atoms with Gasteiger partial charge in [-0.05, 0) is 25.0 Å². The Balaban J connectivity index is 2.51. The summed E-state index contributed by atoms with van der Waals surface area (Å²) in [5.74, 6) is -1.01. The number of nitrogens with two attached hydrogens (primary N) is 1. The molecule has 1 atom stereocenters. The number of benzene rings is 1. The normalized spacial score (nSPS) is 20.9. The number of hydrogen-bond donors (Lipinski definition) is 2. The zero-order valence-electron chi connectivity index (χ0n) is 10.0.